The molecule has 4 saturated carbocycles. The molecule has 0 aromatic heterocycles. The maximum absolute atomic E-state index is 10.2. The van der Waals surface area contributed by atoms with Crippen LogP contribution >= 0.6 is 11.6 Å². The number of aliphatic hydroxyl groups is 1. The molecule has 0 aromatic carbocycles. The molecule has 12 heavy (non-hydrogen) atoms. The van der Waals surface area contributed by atoms with Crippen LogP contribution in [0.15, 0.2) is 0 Å². The van der Waals surface area contributed by atoms with Gasteiger partial charge in [0.25, 0.3) is 0 Å². The Morgan fingerprint density at radius 2 is 1.67 bits per heavy atom. The predicted molar refractivity (Wildman–Crippen MR) is 48.1 cm³/mol. The summed E-state index contributed by atoms with van der Waals surface area (Å²) in [5.74, 6) is 2.05. The average molecular weight is 187 g/mol. The van der Waals surface area contributed by atoms with Crippen LogP contribution in [0.5, 0.6) is 0 Å². The molecule has 4 fully saturated rings. The first-order valence-electron chi connectivity index (χ1n) is 5.03. The second-order valence-corrected chi connectivity index (χ2v) is 5.64. The number of hydrogen-bond donors (Lipinski definition) is 1. The average Bonchev–Trinajstić information content (AvgIpc) is 1.96. The van der Waals surface area contributed by atoms with Gasteiger partial charge in [0.15, 0.2) is 0 Å². The molecule has 1 N–H and O–H groups in total. The first-order chi connectivity index (χ1) is 5.66. The lowest BCUT2D eigenvalue weighted by atomic mass is 9.54. The highest BCUT2D eigenvalue weighted by Crippen LogP contribution is 2.57. The fraction of sp³-hybridized carbons (Fsp3) is 1.00. The van der Waals surface area contributed by atoms with Gasteiger partial charge in [-0.1, -0.05) is 0 Å². The SMILES string of the molecule is OC12CC3C[C@H](C1)C(Cl)[C@@H](C3)C2. The van der Waals surface area contributed by atoms with Crippen molar-refractivity contribution in [3.05, 3.63) is 0 Å². The highest BCUT2D eigenvalue weighted by Gasteiger charge is 2.54. The van der Waals surface area contributed by atoms with Gasteiger partial charge in [-0.25, -0.2) is 0 Å². The minimum Gasteiger partial charge on any atom is -0.390 e. The highest BCUT2D eigenvalue weighted by molar-refractivity contribution is 6.21. The van der Waals surface area contributed by atoms with Crippen LogP contribution in [-0.2, 0) is 0 Å². The van der Waals surface area contributed by atoms with E-state index in [1.54, 1.807) is 0 Å². The van der Waals surface area contributed by atoms with Crippen molar-refractivity contribution in [2.45, 2.75) is 43.1 Å². The largest absolute Gasteiger partial charge is 0.390 e. The lowest BCUT2D eigenvalue weighted by Gasteiger charge is -2.56. The van der Waals surface area contributed by atoms with E-state index in [0.717, 1.165) is 25.2 Å². The maximum atomic E-state index is 10.2. The molecular formula is C10H15ClO. The Morgan fingerprint density at radius 3 is 2.17 bits per heavy atom. The highest BCUT2D eigenvalue weighted by atomic mass is 35.5. The fourth-order valence-electron chi connectivity index (χ4n) is 3.92. The zero-order valence-corrected chi connectivity index (χ0v) is 7.93. The third-order valence-corrected chi connectivity index (χ3v) is 4.84. The molecule has 1 nitrogen and oxygen atoms in total. The molecule has 4 aliphatic rings. The van der Waals surface area contributed by atoms with Crippen molar-refractivity contribution in [1.29, 1.82) is 0 Å². The lowest BCUT2D eigenvalue weighted by Crippen LogP contribution is -2.55. The van der Waals surface area contributed by atoms with Gasteiger partial charge in [-0.3, -0.25) is 0 Å². The van der Waals surface area contributed by atoms with Gasteiger partial charge in [-0.2, -0.15) is 0 Å². The molecule has 3 unspecified atom stereocenters. The van der Waals surface area contributed by atoms with Gasteiger partial charge in [-0.15, -0.1) is 11.6 Å². The number of halogens is 1. The van der Waals surface area contributed by atoms with Crippen LogP contribution in [0.1, 0.15) is 32.1 Å². The van der Waals surface area contributed by atoms with Gasteiger partial charge in [0.1, 0.15) is 0 Å². The van der Waals surface area contributed by atoms with Crippen molar-refractivity contribution in [2.24, 2.45) is 17.8 Å². The quantitative estimate of drug-likeness (QED) is 0.575. The number of rotatable bonds is 0. The summed E-state index contributed by atoms with van der Waals surface area (Å²) in [6.45, 7) is 0. The van der Waals surface area contributed by atoms with Crippen molar-refractivity contribution in [3.63, 3.8) is 0 Å². The van der Waals surface area contributed by atoms with Crippen LogP contribution < -0.4 is 0 Å². The van der Waals surface area contributed by atoms with Crippen molar-refractivity contribution in [1.82, 2.24) is 0 Å². The number of alkyl halides is 1. The maximum Gasteiger partial charge on any atom is 0.0656 e. The van der Waals surface area contributed by atoms with Crippen molar-refractivity contribution >= 4 is 11.6 Å². The smallest absolute Gasteiger partial charge is 0.0656 e. The van der Waals surface area contributed by atoms with Crippen LogP contribution in [-0.4, -0.2) is 16.1 Å². The van der Waals surface area contributed by atoms with Gasteiger partial charge in [-0.05, 0) is 49.9 Å². The van der Waals surface area contributed by atoms with Crippen molar-refractivity contribution in [3.8, 4) is 0 Å². The Hall–Kier alpha value is 0.250. The molecule has 0 amide bonds. The zero-order chi connectivity index (χ0) is 8.34. The molecule has 4 aliphatic carbocycles. The Labute approximate surface area is 78.1 Å². The normalized spacial score (nSPS) is 62.5. The van der Waals surface area contributed by atoms with E-state index in [2.05, 4.69) is 0 Å². The summed E-state index contributed by atoms with van der Waals surface area (Å²) in [6.07, 6.45) is 5.59. The Bertz CT molecular complexity index is 200. The van der Waals surface area contributed by atoms with Crippen LogP contribution in [0, 0.1) is 17.8 Å². The van der Waals surface area contributed by atoms with E-state index in [1.807, 2.05) is 0 Å². The third kappa shape index (κ3) is 0.898. The molecule has 0 spiro atoms. The van der Waals surface area contributed by atoms with Crippen molar-refractivity contribution < 1.29 is 5.11 Å². The molecule has 2 heteroatoms. The van der Waals surface area contributed by atoms with Gasteiger partial charge in [0.05, 0.1) is 5.60 Å². The molecule has 0 radical (unpaired) electrons. The van der Waals surface area contributed by atoms with Crippen LogP contribution in [0.2, 0.25) is 0 Å². The Kier molecular flexibility index (Phi) is 1.39. The van der Waals surface area contributed by atoms with Gasteiger partial charge in [0.2, 0.25) is 0 Å². The molecule has 68 valence electrons. The van der Waals surface area contributed by atoms with E-state index < -0.39 is 0 Å². The molecule has 4 bridgehead atoms. The van der Waals surface area contributed by atoms with Gasteiger partial charge < -0.3 is 5.11 Å². The first-order valence-corrected chi connectivity index (χ1v) is 5.46. The van der Waals surface area contributed by atoms with E-state index in [9.17, 15) is 5.11 Å². The van der Waals surface area contributed by atoms with E-state index >= 15 is 0 Å². The summed E-state index contributed by atoms with van der Waals surface area (Å²) in [5.41, 5.74) is -0.304. The van der Waals surface area contributed by atoms with E-state index in [4.69, 9.17) is 11.6 Å². The zero-order valence-electron chi connectivity index (χ0n) is 7.17. The molecular weight excluding hydrogens is 172 g/mol. The van der Waals surface area contributed by atoms with E-state index in [-0.39, 0.29) is 5.60 Å². The summed E-state index contributed by atoms with van der Waals surface area (Å²) in [5, 5.41) is 10.5. The second kappa shape index (κ2) is 2.19. The predicted octanol–water partition coefficient (Wildman–Crippen LogP) is 2.16. The standard InChI is InChI=1S/C10H15ClO/c11-9-7-1-6-2-8(9)5-10(12,3-6)4-7/h6-9,12H,1-5H2/t6?,7-,8+,9?,10?. The minimum atomic E-state index is -0.304. The monoisotopic (exact) mass is 186 g/mol. The fourth-order valence-corrected chi connectivity index (χ4v) is 4.30. The Morgan fingerprint density at radius 1 is 1.08 bits per heavy atom. The van der Waals surface area contributed by atoms with Crippen LogP contribution in [0.4, 0.5) is 0 Å². The Balaban J connectivity index is 1.95. The topological polar surface area (TPSA) is 20.2 Å². The summed E-state index contributed by atoms with van der Waals surface area (Å²) in [4.78, 5) is 0. The lowest BCUT2D eigenvalue weighted by molar-refractivity contribution is -0.121. The molecule has 0 aromatic rings. The molecule has 0 saturated heterocycles. The molecule has 4 rings (SSSR count). The van der Waals surface area contributed by atoms with E-state index in [1.165, 1.54) is 12.8 Å². The molecule has 0 aliphatic heterocycles. The molecule has 0 heterocycles. The van der Waals surface area contributed by atoms with Gasteiger partial charge in [0, 0.05) is 5.38 Å². The number of hydrogen-bond acceptors (Lipinski definition) is 1. The summed E-state index contributed by atoms with van der Waals surface area (Å²) < 4.78 is 0. The third-order valence-electron chi connectivity index (χ3n) is 4.13. The van der Waals surface area contributed by atoms with Crippen LogP contribution in [0.3, 0.4) is 0 Å². The van der Waals surface area contributed by atoms with Crippen LogP contribution in [0.25, 0.3) is 0 Å². The first kappa shape index (κ1) is 7.64. The van der Waals surface area contributed by atoms with Crippen molar-refractivity contribution in [2.75, 3.05) is 0 Å². The summed E-state index contributed by atoms with van der Waals surface area (Å²) >= 11 is 6.32. The van der Waals surface area contributed by atoms with Gasteiger partial charge >= 0.3 is 0 Å². The summed E-state index contributed by atoms with van der Waals surface area (Å²) in [7, 11) is 0. The minimum absolute atomic E-state index is 0.304. The summed E-state index contributed by atoms with van der Waals surface area (Å²) in [6, 6.07) is 0. The van der Waals surface area contributed by atoms with E-state index in [0.29, 0.717) is 17.2 Å². The molecule has 5 atom stereocenters. The second-order valence-electron chi connectivity index (χ2n) is 5.14.